The standard InChI is InChI=1S/C54H80N2/c1-5-25-53(51-39-37-49(55)41-43(51)3)47-33-29-45(30-34-47)27-23-21-19-17-15-13-11-9-7-8-10-12-14-16-18-20-22-24-28-46-31-35-48(36-32-46)54(26-6-2)52-40-38-50(56)42-44(52)4/h29-42,53-54H,5-28,55-56H2,1-4H3. The number of aryl methyl sites for hydroxylation is 4. The molecule has 0 aliphatic carbocycles. The Hall–Kier alpha value is -3.52. The van der Waals surface area contributed by atoms with Crippen molar-refractivity contribution in [3.05, 3.63) is 129 Å². The van der Waals surface area contributed by atoms with Gasteiger partial charge >= 0.3 is 0 Å². The van der Waals surface area contributed by atoms with Crippen LogP contribution in [0.2, 0.25) is 0 Å². The molecule has 0 heterocycles. The van der Waals surface area contributed by atoms with E-state index < -0.39 is 0 Å². The highest BCUT2D eigenvalue weighted by Crippen LogP contribution is 2.34. The summed E-state index contributed by atoms with van der Waals surface area (Å²) >= 11 is 0. The van der Waals surface area contributed by atoms with Crippen LogP contribution in [0.15, 0.2) is 84.9 Å². The lowest BCUT2D eigenvalue weighted by molar-refractivity contribution is 0.524. The summed E-state index contributed by atoms with van der Waals surface area (Å²) in [5.74, 6) is 0.924. The maximum absolute atomic E-state index is 6.03. The van der Waals surface area contributed by atoms with E-state index in [9.17, 15) is 0 Å². The van der Waals surface area contributed by atoms with Gasteiger partial charge in [0.15, 0.2) is 0 Å². The van der Waals surface area contributed by atoms with Crippen molar-refractivity contribution >= 4 is 11.4 Å². The summed E-state index contributed by atoms with van der Waals surface area (Å²) in [6.45, 7) is 8.97. The highest BCUT2D eigenvalue weighted by Gasteiger charge is 2.17. The fourth-order valence-corrected chi connectivity index (χ4v) is 9.08. The van der Waals surface area contributed by atoms with Gasteiger partial charge in [-0.2, -0.15) is 0 Å². The normalized spacial score (nSPS) is 12.6. The first-order valence-corrected chi connectivity index (χ1v) is 23.3. The largest absolute Gasteiger partial charge is 0.399 e. The van der Waals surface area contributed by atoms with E-state index in [2.05, 4.69) is 113 Å². The summed E-state index contributed by atoms with van der Waals surface area (Å²) < 4.78 is 0. The molecule has 0 aromatic heterocycles. The van der Waals surface area contributed by atoms with Crippen LogP contribution in [0.4, 0.5) is 11.4 Å². The van der Waals surface area contributed by atoms with Crippen LogP contribution in [0.3, 0.4) is 0 Å². The Kier molecular flexibility index (Phi) is 21.3. The van der Waals surface area contributed by atoms with Crippen LogP contribution in [0.25, 0.3) is 0 Å². The Bertz CT molecular complexity index is 1490. The molecule has 0 bridgehead atoms. The van der Waals surface area contributed by atoms with Crippen LogP contribution < -0.4 is 11.5 Å². The van der Waals surface area contributed by atoms with Crippen molar-refractivity contribution in [3.63, 3.8) is 0 Å². The molecule has 0 saturated carbocycles. The number of nitrogen functional groups attached to an aromatic ring is 2. The molecular weight excluding hydrogens is 677 g/mol. The van der Waals surface area contributed by atoms with E-state index in [0.717, 1.165) is 11.4 Å². The number of rotatable bonds is 29. The van der Waals surface area contributed by atoms with Gasteiger partial charge in [0.2, 0.25) is 0 Å². The fraction of sp³-hybridized carbons (Fsp3) is 0.556. The number of unbranched alkanes of at least 4 members (excludes halogenated alkanes) is 17. The molecule has 2 nitrogen and oxygen atoms in total. The van der Waals surface area contributed by atoms with Crippen molar-refractivity contribution in [1.29, 1.82) is 0 Å². The lowest BCUT2D eigenvalue weighted by Crippen LogP contribution is -2.04. The molecule has 4 aromatic rings. The van der Waals surface area contributed by atoms with E-state index in [1.807, 2.05) is 0 Å². The second kappa shape index (κ2) is 26.4. The third-order valence-corrected chi connectivity index (χ3v) is 12.4. The quantitative estimate of drug-likeness (QED) is 0.0428. The van der Waals surface area contributed by atoms with E-state index in [-0.39, 0.29) is 0 Å². The van der Waals surface area contributed by atoms with E-state index in [1.165, 1.54) is 199 Å². The Morgan fingerprint density at radius 3 is 0.929 bits per heavy atom. The van der Waals surface area contributed by atoms with Crippen LogP contribution in [-0.2, 0) is 12.8 Å². The van der Waals surface area contributed by atoms with Gasteiger partial charge in [0.25, 0.3) is 0 Å². The summed E-state index contributed by atoms with van der Waals surface area (Å²) in [6.07, 6.45) is 32.5. The van der Waals surface area contributed by atoms with E-state index in [4.69, 9.17) is 11.5 Å². The minimum atomic E-state index is 0.462. The number of hydrogen-bond donors (Lipinski definition) is 2. The van der Waals surface area contributed by atoms with Crippen LogP contribution in [0, 0.1) is 13.8 Å². The van der Waals surface area contributed by atoms with Crippen LogP contribution in [0.1, 0.15) is 211 Å². The Morgan fingerprint density at radius 1 is 0.375 bits per heavy atom. The number of anilines is 2. The molecular formula is C54H80N2. The molecule has 0 amide bonds. The van der Waals surface area contributed by atoms with Crippen molar-refractivity contribution in [2.75, 3.05) is 11.5 Å². The van der Waals surface area contributed by atoms with Crippen LogP contribution in [-0.4, -0.2) is 0 Å². The van der Waals surface area contributed by atoms with Gasteiger partial charge in [-0.3, -0.25) is 0 Å². The van der Waals surface area contributed by atoms with Crippen molar-refractivity contribution in [3.8, 4) is 0 Å². The molecule has 0 spiro atoms. The van der Waals surface area contributed by atoms with Crippen LogP contribution >= 0.6 is 0 Å². The lowest BCUT2D eigenvalue weighted by atomic mass is 9.84. The second-order valence-corrected chi connectivity index (χ2v) is 17.3. The fourth-order valence-electron chi connectivity index (χ4n) is 9.08. The van der Waals surface area contributed by atoms with Crippen molar-refractivity contribution in [2.24, 2.45) is 0 Å². The molecule has 2 heteroatoms. The lowest BCUT2D eigenvalue weighted by Gasteiger charge is -2.20. The predicted molar refractivity (Wildman–Crippen MR) is 248 cm³/mol. The monoisotopic (exact) mass is 757 g/mol. The third-order valence-electron chi connectivity index (χ3n) is 12.4. The molecule has 4 rings (SSSR count). The van der Waals surface area contributed by atoms with E-state index in [1.54, 1.807) is 0 Å². The van der Waals surface area contributed by atoms with Crippen LogP contribution in [0.5, 0.6) is 0 Å². The zero-order valence-corrected chi connectivity index (χ0v) is 36.4. The van der Waals surface area contributed by atoms with Gasteiger partial charge in [0.1, 0.15) is 0 Å². The Balaban J connectivity index is 0.921. The average molecular weight is 757 g/mol. The molecule has 0 aliphatic rings. The maximum Gasteiger partial charge on any atom is 0.0316 e. The maximum atomic E-state index is 6.03. The molecule has 0 fully saturated rings. The number of benzene rings is 4. The second-order valence-electron chi connectivity index (χ2n) is 17.3. The number of nitrogens with two attached hydrogens (primary N) is 2. The average Bonchev–Trinajstić information content (AvgIpc) is 3.19. The summed E-state index contributed by atoms with van der Waals surface area (Å²) in [5.41, 5.74) is 25.1. The molecule has 56 heavy (non-hydrogen) atoms. The molecule has 306 valence electrons. The molecule has 0 saturated heterocycles. The molecule has 2 unspecified atom stereocenters. The summed E-state index contributed by atoms with van der Waals surface area (Å²) in [6, 6.07) is 31.8. The molecule has 2 atom stereocenters. The van der Waals surface area contributed by atoms with Gasteiger partial charge in [-0.25, -0.2) is 0 Å². The van der Waals surface area contributed by atoms with Crippen molar-refractivity contribution < 1.29 is 0 Å². The first-order chi connectivity index (χ1) is 27.4. The smallest absolute Gasteiger partial charge is 0.0316 e. The molecule has 4 N–H and O–H groups in total. The van der Waals surface area contributed by atoms with E-state index >= 15 is 0 Å². The highest BCUT2D eigenvalue weighted by molar-refractivity contribution is 5.49. The summed E-state index contributed by atoms with van der Waals surface area (Å²) in [4.78, 5) is 0. The molecule has 0 radical (unpaired) electrons. The first kappa shape index (κ1) is 45.2. The summed E-state index contributed by atoms with van der Waals surface area (Å²) in [7, 11) is 0. The van der Waals surface area contributed by atoms with Gasteiger partial charge in [-0.15, -0.1) is 0 Å². The topological polar surface area (TPSA) is 52.0 Å². The van der Waals surface area contributed by atoms with Gasteiger partial charge < -0.3 is 11.5 Å². The minimum absolute atomic E-state index is 0.462. The highest BCUT2D eigenvalue weighted by atomic mass is 14.5. The van der Waals surface area contributed by atoms with Crippen molar-refractivity contribution in [2.45, 2.75) is 194 Å². The number of hydrogen-bond acceptors (Lipinski definition) is 2. The Labute approximate surface area is 344 Å². The summed E-state index contributed by atoms with van der Waals surface area (Å²) in [5, 5.41) is 0. The van der Waals surface area contributed by atoms with Gasteiger partial charge in [0.05, 0.1) is 0 Å². The van der Waals surface area contributed by atoms with Gasteiger partial charge in [-0.1, -0.05) is 190 Å². The molecule has 0 aliphatic heterocycles. The Morgan fingerprint density at radius 2 is 0.661 bits per heavy atom. The van der Waals surface area contributed by atoms with E-state index in [0.29, 0.717) is 11.8 Å². The zero-order valence-electron chi connectivity index (χ0n) is 36.4. The minimum Gasteiger partial charge on any atom is -0.399 e. The zero-order chi connectivity index (χ0) is 39.8. The third kappa shape index (κ3) is 16.1. The SMILES string of the molecule is CCCC(c1ccc(CCCCCCCCCCCCCCCCCCCCc2ccc(C(CCC)c3ccc(N)cc3C)cc2)cc1)c1ccc(N)cc1C. The predicted octanol–water partition coefficient (Wildman–Crippen LogP) is 16.1. The van der Waals surface area contributed by atoms with Crippen molar-refractivity contribution in [1.82, 2.24) is 0 Å². The van der Waals surface area contributed by atoms with Gasteiger partial charge in [0, 0.05) is 23.2 Å². The first-order valence-electron chi connectivity index (χ1n) is 23.3. The molecule has 4 aromatic carbocycles. The van der Waals surface area contributed by atoms with Gasteiger partial charge in [-0.05, 0) is 121 Å².